The van der Waals surface area contributed by atoms with Crippen LogP contribution in [0.1, 0.15) is 55.4 Å². The monoisotopic (exact) mass is 654 g/mol. The van der Waals surface area contributed by atoms with Gasteiger partial charge in [-0.1, -0.05) is 237 Å². The second kappa shape index (κ2) is 21.5. The van der Waals surface area contributed by atoms with Crippen LogP contribution >= 0.6 is 0 Å². The molecule has 0 nitrogen and oxygen atoms in total. The molecule has 50 heavy (non-hydrogen) atoms. The van der Waals surface area contributed by atoms with Gasteiger partial charge in [-0.15, -0.1) is 0 Å². The molecule has 0 unspecified atom stereocenters. The van der Waals surface area contributed by atoms with Crippen molar-refractivity contribution in [1.82, 2.24) is 0 Å². The summed E-state index contributed by atoms with van der Waals surface area (Å²) in [5.74, 6) is 0. The molecule has 7 aromatic rings. The lowest BCUT2D eigenvalue weighted by Gasteiger charge is -2.09. The molecule has 254 valence electrons. The molecule has 0 aliphatic rings. The summed E-state index contributed by atoms with van der Waals surface area (Å²) < 4.78 is 0. The van der Waals surface area contributed by atoms with Crippen molar-refractivity contribution in [3.63, 3.8) is 0 Å². The van der Waals surface area contributed by atoms with Gasteiger partial charge in [0.15, 0.2) is 0 Å². The molecule has 0 spiro atoms. The third-order valence-electron chi connectivity index (χ3n) is 7.97. The lowest BCUT2D eigenvalue weighted by molar-refractivity contribution is 1.50. The molecule has 0 aliphatic heterocycles. The maximum atomic E-state index is 2.22. The molecule has 0 bridgehead atoms. The quantitative estimate of drug-likeness (QED) is 0.167. The second-order valence-electron chi connectivity index (χ2n) is 10.6. The molecule has 0 radical (unpaired) electrons. The first-order valence-electron chi connectivity index (χ1n) is 18.4. The molecule has 0 aromatic heterocycles. The maximum Gasteiger partial charge on any atom is -0.0184 e. The average Bonchev–Trinajstić information content (AvgIpc) is 3.25. The smallest absolute Gasteiger partial charge is 0.0184 e. The van der Waals surface area contributed by atoms with Crippen molar-refractivity contribution in [2.75, 3.05) is 0 Å². The Morgan fingerprint density at radius 2 is 0.240 bits per heavy atom. The highest BCUT2D eigenvalue weighted by Gasteiger charge is 2.05. The summed E-state index contributed by atoms with van der Waals surface area (Å²) in [5, 5.41) is 0. The standard InChI is InChI=1S/C42H30.4C2H6/c1-3-7-31(8-4-1)33-11-15-35(16-12-33)37-19-23-39(24-20-37)41-27-29-42(30-28-41)40-25-21-38(22-26-40)36-17-13-34(14-18-36)32-9-5-2-6-10-32;4*1-2/h1-30H;4*1-2H3. The van der Waals surface area contributed by atoms with Crippen molar-refractivity contribution in [1.29, 1.82) is 0 Å². The van der Waals surface area contributed by atoms with Crippen molar-refractivity contribution in [3.8, 4) is 66.8 Å². The van der Waals surface area contributed by atoms with Gasteiger partial charge in [-0.05, 0) is 66.8 Å². The van der Waals surface area contributed by atoms with Crippen molar-refractivity contribution < 1.29 is 0 Å². The first-order chi connectivity index (χ1) is 24.8. The Hall–Kier alpha value is -5.46. The number of rotatable bonds is 6. The van der Waals surface area contributed by atoms with E-state index in [1.54, 1.807) is 0 Å². The highest BCUT2D eigenvalue weighted by Crippen LogP contribution is 2.31. The fourth-order valence-corrected chi connectivity index (χ4v) is 5.54. The van der Waals surface area contributed by atoms with Gasteiger partial charge < -0.3 is 0 Å². The first kappa shape index (κ1) is 39.0. The van der Waals surface area contributed by atoms with E-state index in [1.165, 1.54) is 66.8 Å². The fourth-order valence-electron chi connectivity index (χ4n) is 5.54. The molecular formula is C50H54. The summed E-state index contributed by atoms with van der Waals surface area (Å²) in [5.41, 5.74) is 14.8. The normalized spacial score (nSPS) is 9.60. The Morgan fingerprint density at radius 3 is 0.360 bits per heavy atom. The van der Waals surface area contributed by atoms with Gasteiger partial charge in [0.1, 0.15) is 0 Å². The SMILES string of the molecule is CC.CC.CC.CC.c1ccc(-c2ccc(-c3ccc(-c4ccc(-c5ccc(-c6ccc(-c7ccccc7)cc6)cc5)cc4)cc3)cc2)cc1. The van der Waals surface area contributed by atoms with Crippen LogP contribution in [0, 0.1) is 0 Å². The fraction of sp³-hybridized carbons (Fsp3) is 0.160. The van der Waals surface area contributed by atoms with Crippen LogP contribution in [0.2, 0.25) is 0 Å². The highest BCUT2D eigenvalue weighted by atomic mass is 14.1. The van der Waals surface area contributed by atoms with E-state index in [2.05, 4.69) is 182 Å². The van der Waals surface area contributed by atoms with E-state index in [4.69, 9.17) is 0 Å². The van der Waals surface area contributed by atoms with E-state index in [-0.39, 0.29) is 0 Å². The lowest BCUT2D eigenvalue weighted by Crippen LogP contribution is -1.84. The minimum Gasteiger partial charge on any atom is -0.0683 e. The molecule has 0 atom stereocenters. The summed E-state index contributed by atoms with van der Waals surface area (Å²) in [6.45, 7) is 16.0. The topological polar surface area (TPSA) is 0 Å². The number of benzene rings is 7. The van der Waals surface area contributed by atoms with Crippen LogP contribution in [0.5, 0.6) is 0 Å². The van der Waals surface area contributed by atoms with Crippen LogP contribution in [0.3, 0.4) is 0 Å². The molecule has 0 saturated carbocycles. The van der Waals surface area contributed by atoms with Crippen molar-refractivity contribution in [3.05, 3.63) is 182 Å². The largest absolute Gasteiger partial charge is 0.0683 e. The molecule has 0 N–H and O–H groups in total. The van der Waals surface area contributed by atoms with Gasteiger partial charge >= 0.3 is 0 Å². The summed E-state index contributed by atoms with van der Waals surface area (Å²) in [4.78, 5) is 0. The summed E-state index contributed by atoms with van der Waals surface area (Å²) in [6, 6.07) is 65.2. The molecule has 0 heterocycles. The van der Waals surface area contributed by atoms with Gasteiger partial charge in [0, 0.05) is 0 Å². The Labute approximate surface area is 303 Å². The van der Waals surface area contributed by atoms with Crippen molar-refractivity contribution in [2.24, 2.45) is 0 Å². The van der Waals surface area contributed by atoms with Crippen LogP contribution in [-0.4, -0.2) is 0 Å². The Balaban J connectivity index is 0.000000791. The van der Waals surface area contributed by atoms with E-state index in [0.717, 1.165) is 0 Å². The van der Waals surface area contributed by atoms with Crippen LogP contribution in [0.25, 0.3) is 66.8 Å². The predicted octanol–water partition coefficient (Wildman–Crippen LogP) is 15.8. The predicted molar refractivity (Wildman–Crippen MR) is 224 cm³/mol. The third kappa shape index (κ3) is 10.3. The number of hydrogen-bond donors (Lipinski definition) is 0. The second-order valence-corrected chi connectivity index (χ2v) is 10.6. The van der Waals surface area contributed by atoms with E-state index in [1.807, 2.05) is 55.4 Å². The molecular weight excluding hydrogens is 601 g/mol. The summed E-state index contributed by atoms with van der Waals surface area (Å²) in [7, 11) is 0. The van der Waals surface area contributed by atoms with Crippen molar-refractivity contribution >= 4 is 0 Å². The van der Waals surface area contributed by atoms with Gasteiger partial charge in [0.25, 0.3) is 0 Å². The van der Waals surface area contributed by atoms with E-state index in [9.17, 15) is 0 Å². The number of hydrogen-bond acceptors (Lipinski definition) is 0. The van der Waals surface area contributed by atoms with Gasteiger partial charge in [-0.3, -0.25) is 0 Å². The van der Waals surface area contributed by atoms with E-state index in [0.29, 0.717) is 0 Å². The average molecular weight is 655 g/mol. The third-order valence-corrected chi connectivity index (χ3v) is 7.97. The minimum absolute atomic E-state index is 1.22. The zero-order valence-corrected chi connectivity index (χ0v) is 31.3. The Bertz CT molecular complexity index is 1730. The van der Waals surface area contributed by atoms with E-state index < -0.39 is 0 Å². The lowest BCUT2D eigenvalue weighted by atomic mass is 9.96. The van der Waals surface area contributed by atoms with E-state index >= 15 is 0 Å². The first-order valence-corrected chi connectivity index (χ1v) is 18.4. The van der Waals surface area contributed by atoms with Gasteiger partial charge in [0.05, 0.1) is 0 Å². The molecule has 0 heteroatoms. The van der Waals surface area contributed by atoms with Crippen LogP contribution < -0.4 is 0 Å². The molecule has 0 amide bonds. The molecule has 0 aliphatic carbocycles. The molecule has 7 aromatic carbocycles. The van der Waals surface area contributed by atoms with Gasteiger partial charge in [0.2, 0.25) is 0 Å². The zero-order valence-electron chi connectivity index (χ0n) is 31.3. The summed E-state index contributed by atoms with van der Waals surface area (Å²) in [6.07, 6.45) is 0. The molecule has 0 fully saturated rings. The highest BCUT2D eigenvalue weighted by molar-refractivity contribution is 5.76. The van der Waals surface area contributed by atoms with Gasteiger partial charge in [-0.25, -0.2) is 0 Å². The minimum atomic E-state index is 1.22. The molecule has 7 rings (SSSR count). The Kier molecular flexibility index (Phi) is 16.8. The molecule has 0 saturated heterocycles. The van der Waals surface area contributed by atoms with Crippen LogP contribution in [0.4, 0.5) is 0 Å². The van der Waals surface area contributed by atoms with Crippen LogP contribution in [-0.2, 0) is 0 Å². The zero-order chi connectivity index (χ0) is 36.1. The van der Waals surface area contributed by atoms with Crippen molar-refractivity contribution in [2.45, 2.75) is 55.4 Å². The Morgan fingerprint density at radius 1 is 0.140 bits per heavy atom. The van der Waals surface area contributed by atoms with Gasteiger partial charge in [-0.2, -0.15) is 0 Å². The van der Waals surface area contributed by atoms with Crippen LogP contribution in [0.15, 0.2) is 182 Å². The summed E-state index contributed by atoms with van der Waals surface area (Å²) >= 11 is 0. The maximum absolute atomic E-state index is 2.22.